The van der Waals surface area contributed by atoms with Crippen LogP contribution in [0.1, 0.15) is 20.9 Å². The van der Waals surface area contributed by atoms with Crippen molar-refractivity contribution in [1.82, 2.24) is 4.98 Å². The number of aromatic nitrogens is 1. The van der Waals surface area contributed by atoms with Gasteiger partial charge in [0, 0.05) is 16.0 Å². The van der Waals surface area contributed by atoms with Gasteiger partial charge in [-0.3, -0.25) is 4.98 Å². The summed E-state index contributed by atoms with van der Waals surface area (Å²) in [5, 5.41) is 10.3. The number of hydrogen-bond acceptors (Lipinski definition) is 4. The van der Waals surface area contributed by atoms with E-state index < -0.39 is 5.97 Å². The summed E-state index contributed by atoms with van der Waals surface area (Å²) >= 11 is 1.27. The fraction of sp³-hybridized carbons (Fsp3) is 0.125. The summed E-state index contributed by atoms with van der Waals surface area (Å²) in [6, 6.07) is 11.3. The number of rotatable bonds is 4. The molecule has 106 valence electrons. The molecule has 0 aliphatic rings. The van der Waals surface area contributed by atoms with Crippen LogP contribution in [0, 0.1) is 6.92 Å². The van der Waals surface area contributed by atoms with Crippen LogP contribution in [0.4, 0.5) is 0 Å². The molecule has 1 aromatic carbocycles. The Morgan fingerprint density at radius 3 is 2.81 bits per heavy atom. The molecular weight excluding hydrogens is 286 g/mol. The number of aromatic carboxylic acids is 1. The molecule has 0 spiro atoms. The van der Waals surface area contributed by atoms with E-state index in [1.165, 1.54) is 11.3 Å². The third-order valence-corrected chi connectivity index (χ3v) is 4.36. The molecule has 3 rings (SSSR count). The zero-order chi connectivity index (χ0) is 14.8. The number of benzene rings is 1. The summed E-state index contributed by atoms with van der Waals surface area (Å²) in [5.41, 5.74) is 1.62. The molecule has 0 aliphatic heterocycles. The van der Waals surface area contributed by atoms with E-state index >= 15 is 0 Å². The van der Waals surface area contributed by atoms with Crippen molar-refractivity contribution < 1.29 is 14.6 Å². The van der Waals surface area contributed by atoms with Crippen molar-refractivity contribution in [2.75, 3.05) is 0 Å². The largest absolute Gasteiger partial charge is 0.487 e. The first-order valence-corrected chi connectivity index (χ1v) is 7.26. The second-order valence-corrected chi connectivity index (χ2v) is 5.69. The second-order valence-electron chi connectivity index (χ2n) is 4.64. The Morgan fingerprint density at radius 2 is 2.10 bits per heavy atom. The molecule has 1 N–H and O–H groups in total. The number of aryl methyl sites for hydroxylation is 1. The minimum atomic E-state index is -0.920. The summed E-state index contributed by atoms with van der Waals surface area (Å²) in [6.45, 7) is 2.12. The van der Waals surface area contributed by atoms with Crippen molar-refractivity contribution in [3.63, 3.8) is 0 Å². The summed E-state index contributed by atoms with van der Waals surface area (Å²) in [4.78, 5) is 15.9. The van der Waals surface area contributed by atoms with Gasteiger partial charge in [0.15, 0.2) is 0 Å². The molecular formula is C16H13NO3S. The Hall–Kier alpha value is -2.40. The Morgan fingerprint density at radius 1 is 1.29 bits per heavy atom. The highest BCUT2D eigenvalue weighted by atomic mass is 32.1. The van der Waals surface area contributed by atoms with E-state index in [2.05, 4.69) is 4.98 Å². The van der Waals surface area contributed by atoms with Crippen LogP contribution in [0.3, 0.4) is 0 Å². The lowest BCUT2D eigenvalue weighted by Crippen LogP contribution is -2.02. The van der Waals surface area contributed by atoms with E-state index in [1.807, 2.05) is 43.3 Å². The molecule has 0 unspecified atom stereocenters. The standard InChI is InChI=1S/C16H13NO3S/c1-10-6-7-11(8-17-10)20-9-13-12-4-2-3-5-14(12)21-15(13)16(18)19/h2-8H,9H2,1H3,(H,18,19). The van der Waals surface area contributed by atoms with Gasteiger partial charge in [-0.25, -0.2) is 4.79 Å². The fourth-order valence-corrected chi connectivity index (χ4v) is 3.16. The minimum Gasteiger partial charge on any atom is -0.487 e. The number of fused-ring (bicyclic) bond motifs is 1. The van der Waals surface area contributed by atoms with Gasteiger partial charge in [-0.05, 0) is 30.5 Å². The Labute approximate surface area is 125 Å². The lowest BCUT2D eigenvalue weighted by atomic mass is 10.1. The van der Waals surface area contributed by atoms with Crippen molar-refractivity contribution in [2.45, 2.75) is 13.5 Å². The summed E-state index contributed by atoms with van der Waals surface area (Å²) in [6.07, 6.45) is 1.64. The van der Waals surface area contributed by atoms with Crippen LogP contribution in [0.25, 0.3) is 10.1 Å². The van der Waals surface area contributed by atoms with Crippen LogP contribution in [-0.4, -0.2) is 16.1 Å². The van der Waals surface area contributed by atoms with Gasteiger partial charge in [0.25, 0.3) is 0 Å². The molecule has 4 nitrogen and oxygen atoms in total. The highest BCUT2D eigenvalue weighted by Gasteiger charge is 2.17. The number of thiophene rings is 1. The van der Waals surface area contributed by atoms with Gasteiger partial charge >= 0.3 is 5.97 Å². The Bertz CT molecular complexity index is 793. The van der Waals surface area contributed by atoms with E-state index in [1.54, 1.807) is 6.20 Å². The molecule has 0 saturated carbocycles. The zero-order valence-electron chi connectivity index (χ0n) is 11.4. The topological polar surface area (TPSA) is 59.4 Å². The molecule has 2 heterocycles. The normalized spacial score (nSPS) is 10.7. The number of carboxylic acids is 1. The monoisotopic (exact) mass is 299 g/mol. The second kappa shape index (κ2) is 5.54. The molecule has 3 aromatic rings. The molecule has 0 radical (unpaired) electrons. The summed E-state index contributed by atoms with van der Waals surface area (Å²) in [7, 11) is 0. The van der Waals surface area contributed by atoms with Crippen LogP contribution in [-0.2, 0) is 6.61 Å². The van der Waals surface area contributed by atoms with Crippen LogP contribution < -0.4 is 4.74 Å². The average Bonchev–Trinajstić information content (AvgIpc) is 2.86. The fourth-order valence-electron chi connectivity index (χ4n) is 2.11. The van der Waals surface area contributed by atoms with Crippen molar-refractivity contribution in [2.24, 2.45) is 0 Å². The molecule has 0 saturated heterocycles. The van der Waals surface area contributed by atoms with Gasteiger partial charge in [-0.2, -0.15) is 0 Å². The molecule has 0 atom stereocenters. The molecule has 0 amide bonds. The number of carbonyl (C=O) groups is 1. The summed E-state index contributed by atoms with van der Waals surface area (Å²) < 4.78 is 6.64. The number of ether oxygens (including phenoxy) is 1. The lowest BCUT2D eigenvalue weighted by Gasteiger charge is -2.06. The van der Waals surface area contributed by atoms with E-state index in [9.17, 15) is 9.90 Å². The van der Waals surface area contributed by atoms with E-state index in [0.717, 1.165) is 15.8 Å². The lowest BCUT2D eigenvalue weighted by molar-refractivity contribution is 0.0699. The van der Waals surface area contributed by atoms with Gasteiger partial charge < -0.3 is 9.84 Å². The Balaban J connectivity index is 1.93. The van der Waals surface area contributed by atoms with E-state index in [4.69, 9.17) is 4.74 Å². The number of pyridine rings is 1. The first-order chi connectivity index (χ1) is 10.1. The first kappa shape index (κ1) is 13.6. The van der Waals surface area contributed by atoms with Gasteiger partial charge in [0.05, 0.1) is 6.20 Å². The molecule has 21 heavy (non-hydrogen) atoms. The van der Waals surface area contributed by atoms with Crippen molar-refractivity contribution in [3.05, 3.63) is 58.7 Å². The molecule has 0 fully saturated rings. The maximum atomic E-state index is 11.4. The van der Waals surface area contributed by atoms with Crippen LogP contribution >= 0.6 is 11.3 Å². The quantitative estimate of drug-likeness (QED) is 0.794. The van der Waals surface area contributed by atoms with Gasteiger partial charge in [-0.1, -0.05) is 18.2 Å². The minimum absolute atomic E-state index is 0.219. The first-order valence-electron chi connectivity index (χ1n) is 6.44. The highest BCUT2D eigenvalue weighted by molar-refractivity contribution is 7.21. The van der Waals surface area contributed by atoms with E-state index in [0.29, 0.717) is 16.2 Å². The third kappa shape index (κ3) is 2.73. The Kier molecular flexibility index (Phi) is 3.58. The average molecular weight is 299 g/mol. The number of nitrogens with zero attached hydrogens (tertiary/aromatic N) is 1. The maximum absolute atomic E-state index is 11.4. The molecule has 0 aliphatic carbocycles. The van der Waals surface area contributed by atoms with Crippen molar-refractivity contribution in [3.8, 4) is 5.75 Å². The van der Waals surface area contributed by atoms with Crippen LogP contribution in [0.5, 0.6) is 5.75 Å². The number of carboxylic acid groups (broad SMARTS) is 1. The van der Waals surface area contributed by atoms with Crippen molar-refractivity contribution >= 4 is 27.4 Å². The predicted molar refractivity (Wildman–Crippen MR) is 82.1 cm³/mol. The van der Waals surface area contributed by atoms with Crippen molar-refractivity contribution in [1.29, 1.82) is 0 Å². The zero-order valence-corrected chi connectivity index (χ0v) is 12.2. The molecule has 0 bridgehead atoms. The predicted octanol–water partition coefficient (Wildman–Crippen LogP) is 3.88. The van der Waals surface area contributed by atoms with E-state index in [-0.39, 0.29) is 6.61 Å². The SMILES string of the molecule is Cc1ccc(OCc2c(C(=O)O)sc3ccccc23)cn1. The molecule has 5 heteroatoms. The van der Waals surface area contributed by atoms with Gasteiger partial charge in [0.1, 0.15) is 17.2 Å². The third-order valence-electron chi connectivity index (χ3n) is 3.16. The smallest absolute Gasteiger partial charge is 0.346 e. The molecule has 2 aromatic heterocycles. The summed E-state index contributed by atoms with van der Waals surface area (Å²) in [5.74, 6) is -0.288. The van der Waals surface area contributed by atoms with Gasteiger partial charge in [0.2, 0.25) is 0 Å². The van der Waals surface area contributed by atoms with Crippen LogP contribution in [0.15, 0.2) is 42.6 Å². The van der Waals surface area contributed by atoms with Crippen LogP contribution in [0.2, 0.25) is 0 Å². The van der Waals surface area contributed by atoms with Gasteiger partial charge in [-0.15, -0.1) is 11.3 Å². The maximum Gasteiger partial charge on any atom is 0.346 e. The number of hydrogen-bond donors (Lipinski definition) is 1. The highest BCUT2D eigenvalue weighted by Crippen LogP contribution is 2.32.